The van der Waals surface area contributed by atoms with Gasteiger partial charge in [0.05, 0.1) is 17.1 Å². The van der Waals surface area contributed by atoms with E-state index in [2.05, 4.69) is 44.8 Å². The molecule has 8 nitrogen and oxygen atoms in total. The fourth-order valence-electron chi connectivity index (χ4n) is 3.61. The number of nitrogens with two attached hydrogens (primary N) is 1. The van der Waals surface area contributed by atoms with Gasteiger partial charge in [-0.15, -0.1) is 5.10 Å². The molecule has 1 atom stereocenters. The molecule has 4 N–H and O–H groups in total. The summed E-state index contributed by atoms with van der Waals surface area (Å²) >= 11 is 6.47. The molecule has 0 fully saturated rings. The monoisotopic (exact) mass is 449 g/mol. The maximum Gasteiger partial charge on any atom is 0.254 e. The van der Waals surface area contributed by atoms with Gasteiger partial charge in [0.25, 0.3) is 5.78 Å². The van der Waals surface area contributed by atoms with Gasteiger partial charge in [-0.05, 0) is 44.5 Å². The van der Waals surface area contributed by atoms with Crippen LogP contribution in [0.25, 0.3) is 5.78 Å². The maximum absolute atomic E-state index is 12.7. The number of nitrogens with one attached hydrogen (secondary N) is 2. The molecule has 4 rings (SSSR count). The minimum Gasteiger partial charge on any atom is -0.377 e. The zero-order valence-corrected chi connectivity index (χ0v) is 18.8. The van der Waals surface area contributed by atoms with E-state index in [9.17, 15) is 4.79 Å². The first-order valence-electron chi connectivity index (χ1n) is 10.2. The average Bonchev–Trinajstić information content (AvgIpc) is 3.14. The summed E-state index contributed by atoms with van der Waals surface area (Å²) in [5.41, 5.74) is 10.5. The van der Waals surface area contributed by atoms with Crippen LogP contribution >= 0.6 is 11.6 Å². The number of carbonyl (C=O) groups is 1. The van der Waals surface area contributed by atoms with Crippen molar-refractivity contribution in [2.24, 2.45) is 0 Å². The Kier molecular flexibility index (Phi) is 5.96. The molecule has 0 aliphatic rings. The van der Waals surface area contributed by atoms with Gasteiger partial charge < -0.3 is 16.4 Å². The largest absolute Gasteiger partial charge is 0.377 e. The van der Waals surface area contributed by atoms with E-state index >= 15 is 0 Å². The van der Waals surface area contributed by atoms with Gasteiger partial charge in [-0.2, -0.15) is 9.50 Å². The van der Waals surface area contributed by atoms with Gasteiger partial charge >= 0.3 is 0 Å². The second-order valence-corrected chi connectivity index (χ2v) is 8.05. The smallest absolute Gasteiger partial charge is 0.254 e. The molecule has 1 amide bonds. The summed E-state index contributed by atoms with van der Waals surface area (Å²) in [6, 6.07) is 15.6. The number of anilines is 3. The number of nitrogens with zero attached hydrogens (tertiary/aromatic N) is 4. The molecular weight excluding hydrogens is 426 g/mol. The lowest BCUT2D eigenvalue weighted by atomic mass is 10.1. The Labute approximate surface area is 190 Å². The van der Waals surface area contributed by atoms with E-state index in [4.69, 9.17) is 17.3 Å². The molecule has 0 aliphatic carbocycles. The number of rotatable bonds is 6. The number of aromatic nitrogens is 4. The van der Waals surface area contributed by atoms with Crippen molar-refractivity contribution < 1.29 is 4.79 Å². The molecule has 0 saturated carbocycles. The minimum atomic E-state index is -0.181. The Balaban J connectivity index is 1.46. The van der Waals surface area contributed by atoms with Crippen molar-refractivity contribution in [3.8, 4) is 0 Å². The third-order valence-electron chi connectivity index (χ3n) is 5.33. The van der Waals surface area contributed by atoms with Crippen molar-refractivity contribution in [2.75, 3.05) is 16.4 Å². The lowest BCUT2D eigenvalue weighted by Gasteiger charge is -2.17. The SMILES string of the molecule is Cc1nc2nc(N)nn2c(C)c1CC(=O)Nc1ccc(NC(C)c2ccccc2)c(Cl)c1. The third kappa shape index (κ3) is 4.50. The van der Waals surface area contributed by atoms with Gasteiger partial charge in [0.15, 0.2) is 0 Å². The van der Waals surface area contributed by atoms with Crippen LogP contribution in [0, 0.1) is 13.8 Å². The van der Waals surface area contributed by atoms with Crippen molar-refractivity contribution in [2.45, 2.75) is 33.2 Å². The number of benzene rings is 2. The summed E-state index contributed by atoms with van der Waals surface area (Å²) in [5.74, 6) is 0.382. The molecule has 2 aromatic heterocycles. The van der Waals surface area contributed by atoms with Crippen LogP contribution in [0.4, 0.5) is 17.3 Å². The fourth-order valence-corrected chi connectivity index (χ4v) is 3.85. The van der Waals surface area contributed by atoms with E-state index in [1.807, 2.05) is 44.2 Å². The van der Waals surface area contributed by atoms with Crippen LogP contribution in [0.2, 0.25) is 5.02 Å². The van der Waals surface area contributed by atoms with Crippen molar-refractivity contribution in [1.29, 1.82) is 0 Å². The van der Waals surface area contributed by atoms with E-state index in [1.54, 1.807) is 10.6 Å². The number of nitrogen functional groups attached to an aromatic ring is 1. The summed E-state index contributed by atoms with van der Waals surface area (Å²) < 4.78 is 1.55. The number of carbonyl (C=O) groups excluding carboxylic acids is 1. The first-order valence-corrected chi connectivity index (χ1v) is 10.6. The molecule has 9 heteroatoms. The third-order valence-corrected chi connectivity index (χ3v) is 5.64. The second-order valence-electron chi connectivity index (χ2n) is 7.64. The molecule has 0 aliphatic heterocycles. The van der Waals surface area contributed by atoms with Crippen LogP contribution in [0.15, 0.2) is 48.5 Å². The van der Waals surface area contributed by atoms with Crippen molar-refractivity contribution in [1.82, 2.24) is 19.6 Å². The standard InChI is InChI=1S/C23H24ClN7O/c1-13(16-7-5-4-6-8-16)26-20-10-9-17(11-19(20)24)28-21(32)12-18-14(2)27-23-29-22(25)30-31(23)15(18)3/h4-11,13,26H,12H2,1-3H3,(H2,25,30)(H,28,32). The minimum absolute atomic E-state index is 0.0910. The van der Waals surface area contributed by atoms with Crippen LogP contribution in [-0.4, -0.2) is 25.5 Å². The number of amides is 1. The van der Waals surface area contributed by atoms with E-state index in [0.717, 1.165) is 22.5 Å². The topological polar surface area (TPSA) is 110 Å². The first kappa shape index (κ1) is 21.6. The van der Waals surface area contributed by atoms with Gasteiger partial charge in [-0.1, -0.05) is 41.9 Å². The number of fused-ring (bicyclic) bond motifs is 1. The molecule has 32 heavy (non-hydrogen) atoms. The Hall–Kier alpha value is -3.65. The molecule has 1 unspecified atom stereocenters. The van der Waals surface area contributed by atoms with Gasteiger partial charge in [0.1, 0.15) is 0 Å². The highest BCUT2D eigenvalue weighted by Gasteiger charge is 2.16. The van der Waals surface area contributed by atoms with Gasteiger partial charge in [-0.25, -0.2) is 4.98 Å². The molecule has 0 bridgehead atoms. The number of hydrogen-bond acceptors (Lipinski definition) is 6. The highest BCUT2D eigenvalue weighted by Crippen LogP contribution is 2.29. The average molecular weight is 450 g/mol. The molecule has 164 valence electrons. The Bertz CT molecular complexity index is 1290. The molecule has 0 spiro atoms. The molecule has 2 aromatic carbocycles. The van der Waals surface area contributed by atoms with E-state index < -0.39 is 0 Å². The molecule has 4 aromatic rings. The quantitative estimate of drug-likeness (QED) is 0.404. The molecular formula is C23H24ClN7O. The highest BCUT2D eigenvalue weighted by molar-refractivity contribution is 6.33. The summed E-state index contributed by atoms with van der Waals surface area (Å²) in [7, 11) is 0. The molecule has 2 heterocycles. The van der Waals surface area contributed by atoms with Crippen LogP contribution in [0.1, 0.15) is 35.5 Å². The Morgan fingerprint density at radius 3 is 2.62 bits per heavy atom. The summed E-state index contributed by atoms with van der Waals surface area (Å²) in [6.45, 7) is 5.77. The van der Waals surface area contributed by atoms with Crippen molar-refractivity contribution in [3.63, 3.8) is 0 Å². The van der Waals surface area contributed by atoms with Crippen LogP contribution in [-0.2, 0) is 11.2 Å². The van der Waals surface area contributed by atoms with E-state index in [1.165, 1.54) is 0 Å². The predicted octanol–water partition coefficient (Wildman–Crippen LogP) is 4.33. The molecule has 0 radical (unpaired) electrons. The number of aryl methyl sites for hydroxylation is 2. The van der Waals surface area contributed by atoms with Crippen LogP contribution < -0.4 is 16.4 Å². The summed E-state index contributed by atoms with van der Waals surface area (Å²) in [5, 5.41) is 11.0. The lowest BCUT2D eigenvalue weighted by Crippen LogP contribution is -2.18. The van der Waals surface area contributed by atoms with E-state index in [-0.39, 0.29) is 24.3 Å². The number of hydrogen-bond donors (Lipinski definition) is 3. The van der Waals surface area contributed by atoms with Gasteiger partial charge in [0, 0.05) is 28.7 Å². The fraction of sp³-hybridized carbons (Fsp3) is 0.217. The predicted molar refractivity (Wildman–Crippen MR) is 127 cm³/mol. The second kappa shape index (κ2) is 8.84. The summed E-state index contributed by atoms with van der Waals surface area (Å²) in [4.78, 5) is 21.2. The van der Waals surface area contributed by atoms with Gasteiger partial charge in [-0.3, -0.25) is 4.79 Å². The first-order chi connectivity index (χ1) is 15.3. The zero-order valence-electron chi connectivity index (χ0n) is 18.1. The van der Waals surface area contributed by atoms with Gasteiger partial charge in [0.2, 0.25) is 11.9 Å². The Morgan fingerprint density at radius 2 is 1.91 bits per heavy atom. The maximum atomic E-state index is 12.7. The van der Waals surface area contributed by atoms with Crippen LogP contribution in [0.5, 0.6) is 0 Å². The highest BCUT2D eigenvalue weighted by atomic mass is 35.5. The number of halogens is 1. The molecule has 0 saturated heterocycles. The normalized spacial score (nSPS) is 12.0. The van der Waals surface area contributed by atoms with E-state index in [0.29, 0.717) is 22.2 Å². The lowest BCUT2D eigenvalue weighted by molar-refractivity contribution is -0.115. The zero-order chi connectivity index (χ0) is 22.8. The summed E-state index contributed by atoms with van der Waals surface area (Å²) in [6.07, 6.45) is 0.142. The van der Waals surface area contributed by atoms with Crippen molar-refractivity contribution >= 4 is 40.6 Å². The van der Waals surface area contributed by atoms with Crippen LogP contribution in [0.3, 0.4) is 0 Å². The Morgan fingerprint density at radius 1 is 1.16 bits per heavy atom. The van der Waals surface area contributed by atoms with Crippen molar-refractivity contribution in [3.05, 3.63) is 76.1 Å².